The molecular weight excluding hydrogens is 199 g/mol. The van der Waals surface area contributed by atoms with Crippen molar-refractivity contribution in [1.29, 1.82) is 0 Å². The topological polar surface area (TPSA) is 96.2 Å². The van der Waals surface area contributed by atoms with Gasteiger partial charge in [-0.2, -0.15) is 0 Å². The summed E-state index contributed by atoms with van der Waals surface area (Å²) in [5, 5.41) is 0. The molecule has 0 saturated heterocycles. The molecule has 0 fully saturated rings. The number of hydrogen-bond donors (Lipinski definition) is 3. The van der Waals surface area contributed by atoms with E-state index in [0.29, 0.717) is 0 Å². The van der Waals surface area contributed by atoms with Crippen molar-refractivity contribution in [2.24, 2.45) is 0 Å². The fourth-order valence-electron chi connectivity index (χ4n) is 0.407. The number of rotatable bonds is 5. The summed E-state index contributed by atoms with van der Waals surface area (Å²) in [5.41, 5.74) is 0. The maximum atomic E-state index is 8.88. The average molecular weight is 216 g/mol. The van der Waals surface area contributed by atoms with Crippen LogP contribution in [0.5, 0.6) is 0 Å². The van der Waals surface area contributed by atoms with Crippen LogP contribution in [-0.4, -0.2) is 41.1 Å². The van der Waals surface area contributed by atoms with Gasteiger partial charge in [0.05, 0.1) is 13.2 Å². The summed E-state index contributed by atoms with van der Waals surface area (Å²) in [6, 6.07) is 0. The van der Waals surface area contributed by atoms with Crippen LogP contribution in [0.4, 0.5) is 0 Å². The van der Waals surface area contributed by atoms with Crippen molar-refractivity contribution in [3.05, 3.63) is 0 Å². The zero-order chi connectivity index (χ0) is 10.7. The fourth-order valence-corrected chi connectivity index (χ4v) is 0.407. The van der Waals surface area contributed by atoms with Gasteiger partial charge in [-0.15, -0.1) is 0 Å². The molecular formula is C6H17O6P. The summed E-state index contributed by atoms with van der Waals surface area (Å²) in [5.74, 6) is 0. The van der Waals surface area contributed by atoms with E-state index in [1.165, 1.54) is 0 Å². The van der Waals surface area contributed by atoms with E-state index in [1.54, 1.807) is 0 Å². The van der Waals surface area contributed by atoms with Gasteiger partial charge in [-0.05, 0) is 13.8 Å². The molecule has 0 aliphatic heterocycles. The first-order valence-corrected chi connectivity index (χ1v) is 5.42. The summed E-state index contributed by atoms with van der Waals surface area (Å²) in [4.78, 5) is 21.6. The summed E-state index contributed by atoms with van der Waals surface area (Å²) in [6.45, 7) is 6.98. The van der Waals surface area contributed by atoms with E-state index in [4.69, 9.17) is 28.7 Å². The molecule has 0 bridgehead atoms. The van der Waals surface area contributed by atoms with Gasteiger partial charge >= 0.3 is 7.82 Å². The van der Waals surface area contributed by atoms with E-state index in [0.717, 1.165) is 26.4 Å². The Labute approximate surface area is 77.7 Å². The van der Waals surface area contributed by atoms with E-state index in [1.807, 2.05) is 13.8 Å². The van der Waals surface area contributed by atoms with Crippen LogP contribution in [-0.2, 0) is 14.0 Å². The van der Waals surface area contributed by atoms with Crippen LogP contribution in [0.2, 0.25) is 0 Å². The SMILES string of the molecule is CCOCCOCC.O=P(O)(O)O. The van der Waals surface area contributed by atoms with Crippen LogP contribution in [0.15, 0.2) is 0 Å². The summed E-state index contributed by atoms with van der Waals surface area (Å²) in [7, 11) is -4.64. The minimum absolute atomic E-state index is 0.727. The number of phosphoric acid groups is 1. The van der Waals surface area contributed by atoms with Crippen molar-refractivity contribution in [3.63, 3.8) is 0 Å². The predicted molar refractivity (Wildman–Crippen MR) is 47.2 cm³/mol. The lowest BCUT2D eigenvalue weighted by Crippen LogP contribution is -2.02. The van der Waals surface area contributed by atoms with Gasteiger partial charge in [-0.3, -0.25) is 0 Å². The highest BCUT2D eigenvalue weighted by molar-refractivity contribution is 7.45. The Kier molecular flexibility index (Phi) is 12.1. The number of ether oxygens (including phenoxy) is 2. The molecule has 0 radical (unpaired) electrons. The van der Waals surface area contributed by atoms with E-state index in [9.17, 15) is 0 Å². The Morgan fingerprint density at radius 3 is 1.38 bits per heavy atom. The molecule has 0 aliphatic rings. The molecule has 0 rings (SSSR count). The maximum absolute atomic E-state index is 8.88. The smallest absolute Gasteiger partial charge is 0.379 e. The monoisotopic (exact) mass is 216 g/mol. The molecule has 0 atom stereocenters. The molecule has 0 saturated carbocycles. The highest BCUT2D eigenvalue weighted by Gasteiger charge is 2.00. The van der Waals surface area contributed by atoms with E-state index < -0.39 is 7.82 Å². The van der Waals surface area contributed by atoms with Gasteiger partial charge in [0, 0.05) is 13.2 Å². The van der Waals surface area contributed by atoms with E-state index in [2.05, 4.69) is 0 Å². The molecule has 7 heteroatoms. The van der Waals surface area contributed by atoms with Gasteiger partial charge in [0.1, 0.15) is 0 Å². The second-order valence-corrected chi connectivity index (χ2v) is 2.93. The molecule has 0 amide bonds. The summed E-state index contributed by atoms with van der Waals surface area (Å²) >= 11 is 0. The van der Waals surface area contributed by atoms with Gasteiger partial charge in [-0.25, -0.2) is 4.57 Å². The minimum Gasteiger partial charge on any atom is -0.379 e. The second-order valence-electron chi connectivity index (χ2n) is 1.91. The highest BCUT2D eigenvalue weighted by atomic mass is 31.2. The zero-order valence-corrected chi connectivity index (χ0v) is 8.74. The molecule has 0 aromatic carbocycles. The molecule has 0 aromatic rings. The zero-order valence-electron chi connectivity index (χ0n) is 7.84. The van der Waals surface area contributed by atoms with Crippen molar-refractivity contribution in [2.75, 3.05) is 26.4 Å². The summed E-state index contributed by atoms with van der Waals surface area (Å²) in [6.07, 6.45) is 0. The normalized spacial score (nSPS) is 10.5. The molecule has 3 N–H and O–H groups in total. The molecule has 0 unspecified atom stereocenters. The molecule has 0 aromatic heterocycles. The molecule has 13 heavy (non-hydrogen) atoms. The molecule has 82 valence electrons. The Morgan fingerprint density at radius 1 is 1.00 bits per heavy atom. The molecule has 6 nitrogen and oxygen atoms in total. The Bertz CT molecular complexity index is 119. The lowest BCUT2D eigenvalue weighted by molar-refractivity contribution is 0.0584. The lowest BCUT2D eigenvalue weighted by Gasteiger charge is -1.99. The van der Waals surface area contributed by atoms with Crippen LogP contribution in [0.1, 0.15) is 13.8 Å². The van der Waals surface area contributed by atoms with Crippen LogP contribution in [0.25, 0.3) is 0 Å². The predicted octanol–water partition coefficient (Wildman–Crippen LogP) is 0.131. The highest BCUT2D eigenvalue weighted by Crippen LogP contribution is 2.25. The van der Waals surface area contributed by atoms with Crippen molar-refractivity contribution in [1.82, 2.24) is 0 Å². The third-order valence-corrected chi connectivity index (χ3v) is 0.780. The maximum Gasteiger partial charge on any atom is 0.466 e. The Balaban J connectivity index is 0. The quantitative estimate of drug-likeness (QED) is 0.446. The first kappa shape index (κ1) is 15.5. The van der Waals surface area contributed by atoms with Gasteiger partial charge in [0.15, 0.2) is 0 Å². The summed E-state index contributed by atoms with van der Waals surface area (Å²) < 4.78 is 18.9. The second kappa shape index (κ2) is 10.1. The number of hydrogen-bond acceptors (Lipinski definition) is 3. The average Bonchev–Trinajstić information content (AvgIpc) is 1.95. The van der Waals surface area contributed by atoms with Crippen LogP contribution < -0.4 is 0 Å². The van der Waals surface area contributed by atoms with Gasteiger partial charge in [0.25, 0.3) is 0 Å². The van der Waals surface area contributed by atoms with E-state index in [-0.39, 0.29) is 0 Å². The van der Waals surface area contributed by atoms with Crippen molar-refractivity contribution < 1.29 is 28.7 Å². The standard InChI is InChI=1S/C6H14O2.H3O4P/c1-3-7-5-6-8-4-2;1-5(2,3)4/h3-6H2,1-2H3;(H3,1,2,3,4). The van der Waals surface area contributed by atoms with Gasteiger partial charge in [-0.1, -0.05) is 0 Å². The minimum atomic E-state index is -4.64. The Morgan fingerprint density at radius 2 is 1.23 bits per heavy atom. The third-order valence-electron chi connectivity index (χ3n) is 0.780. The fraction of sp³-hybridized carbons (Fsp3) is 1.00. The van der Waals surface area contributed by atoms with Crippen molar-refractivity contribution >= 4 is 7.82 Å². The first-order chi connectivity index (χ1) is 5.91. The van der Waals surface area contributed by atoms with Gasteiger partial charge < -0.3 is 24.2 Å². The molecule has 0 spiro atoms. The lowest BCUT2D eigenvalue weighted by atomic mass is 10.7. The van der Waals surface area contributed by atoms with E-state index >= 15 is 0 Å². The van der Waals surface area contributed by atoms with Crippen molar-refractivity contribution in [2.45, 2.75) is 13.8 Å². The third kappa shape index (κ3) is 47.8. The molecule has 0 heterocycles. The van der Waals surface area contributed by atoms with Crippen LogP contribution in [0, 0.1) is 0 Å². The van der Waals surface area contributed by atoms with Crippen LogP contribution in [0.3, 0.4) is 0 Å². The van der Waals surface area contributed by atoms with Gasteiger partial charge in [0.2, 0.25) is 0 Å². The first-order valence-electron chi connectivity index (χ1n) is 3.85. The largest absolute Gasteiger partial charge is 0.466 e. The van der Waals surface area contributed by atoms with Crippen LogP contribution >= 0.6 is 7.82 Å². The van der Waals surface area contributed by atoms with Crippen molar-refractivity contribution in [3.8, 4) is 0 Å². The molecule has 0 aliphatic carbocycles. The Hall–Kier alpha value is 0.0300.